The molecular formula is C15H10ClF2NO4S. The Morgan fingerprint density at radius 2 is 1.96 bits per heavy atom. The van der Waals surface area contributed by atoms with Crippen molar-refractivity contribution < 1.29 is 26.7 Å². The van der Waals surface area contributed by atoms with Gasteiger partial charge in [-0.1, -0.05) is 11.6 Å². The van der Waals surface area contributed by atoms with Crippen LogP contribution >= 0.6 is 11.6 Å². The van der Waals surface area contributed by atoms with E-state index >= 15 is 0 Å². The van der Waals surface area contributed by atoms with Crippen LogP contribution in [0.3, 0.4) is 0 Å². The van der Waals surface area contributed by atoms with Crippen molar-refractivity contribution in [3.8, 4) is 11.5 Å². The Labute approximate surface area is 141 Å². The lowest BCUT2D eigenvalue weighted by atomic mass is 10.1. The normalized spacial score (nSPS) is 14.1. The Hall–Kier alpha value is -2.06. The van der Waals surface area contributed by atoms with Gasteiger partial charge in [0, 0.05) is 29.8 Å². The summed E-state index contributed by atoms with van der Waals surface area (Å²) in [6, 6.07) is 3.71. The van der Waals surface area contributed by atoms with Gasteiger partial charge >= 0.3 is 5.76 Å². The van der Waals surface area contributed by atoms with E-state index in [1.165, 1.54) is 24.5 Å². The summed E-state index contributed by atoms with van der Waals surface area (Å²) >= 11 is 5.81. The summed E-state index contributed by atoms with van der Waals surface area (Å²) in [5.41, 5.74) is 0.0736. The van der Waals surface area contributed by atoms with Gasteiger partial charge in [0.05, 0.1) is 16.1 Å². The fourth-order valence-corrected chi connectivity index (χ4v) is 3.66. The van der Waals surface area contributed by atoms with Crippen LogP contribution in [-0.4, -0.2) is 24.9 Å². The molecule has 0 amide bonds. The van der Waals surface area contributed by atoms with Crippen LogP contribution in [0.4, 0.5) is 8.78 Å². The third-order valence-electron chi connectivity index (χ3n) is 3.56. The molecule has 1 aromatic heterocycles. The number of fused-ring (bicyclic) bond motifs is 1. The quantitative estimate of drug-likeness (QED) is 0.817. The molecule has 0 atom stereocenters. The summed E-state index contributed by atoms with van der Waals surface area (Å²) < 4.78 is 54.8. The van der Waals surface area contributed by atoms with Gasteiger partial charge in [-0.2, -0.15) is 8.78 Å². The topological polar surface area (TPSA) is 73.3 Å². The Kier molecular flexibility index (Phi) is 4.27. The molecule has 1 aliphatic carbocycles. The van der Waals surface area contributed by atoms with Crippen molar-refractivity contribution >= 4 is 27.2 Å². The number of halogens is 3. The molecule has 0 saturated carbocycles. The third-order valence-corrected chi connectivity index (χ3v) is 5.19. The Balaban J connectivity index is 2.11. The molecule has 0 saturated heterocycles. The third kappa shape index (κ3) is 2.87. The number of aromatic nitrogens is 1. The van der Waals surface area contributed by atoms with Crippen LogP contribution in [0.15, 0.2) is 35.5 Å². The van der Waals surface area contributed by atoms with Crippen molar-refractivity contribution in [1.29, 1.82) is 0 Å². The largest absolute Gasteiger partial charge is 0.455 e. The second kappa shape index (κ2) is 6.10. The maximum absolute atomic E-state index is 12.8. The van der Waals surface area contributed by atoms with Crippen molar-refractivity contribution in [3.05, 3.63) is 46.7 Å². The zero-order valence-corrected chi connectivity index (χ0v) is 13.6. The van der Waals surface area contributed by atoms with Crippen molar-refractivity contribution in [2.75, 3.05) is 0 Å². The number of Topliss-reactive ketones (excluding diaryl/α,β-unsaturated/α-hetero) is 1. The van der Waals surface area contributed by atoms with Crippen LogP contribution in [0.25, 0.3) is 0 Å². The number of carbonyl (C=O) groups excluding carboxylic acids is 1. The molecule has 0 spiro atoms. The van der Waals surface area contributed by atoms with Crippen LogP contribution in [-0.2, 0) is 16.3 Å². The number of pyridine rings is 1. The molecule has 1 aromatic carbocycles. The predicted octanol–water partition coefficient (Wildman–Crippen LogP) is 3.65. The summed E-state index contributed by atoms with van der Waals surface area (Å²) in [5.74, 6) is -3.60. The molecule has 0 radical (unpaired) electrons. The molecule has 126 valence electrons. The molecule has 0 unspecified atom stereocenters. The number of alkyl halides is 2. The monoisotopic (exact) mass is 373 g/mol. The molecule has 2 aromatic rings. The lowest BCUT2D eigenvalue weighted by molar-refractivity contribution is 0.0991. The number of benzene rings is 1. The number of carbonyl (C=O) groups is 1. The summed E-state index contributed by atoms with van der Waals surface area (Å²) in [6.45, 7) is 0. The van der Waals surface area contributed by atoms with Crippen molar-refractivity contribution in [3.63, 3.8) is 0 Å². The van der Waals surface area contributed by atoms with E-state index in [0.717, 1.165) is 6.07 Å². The summed E-state index contributed by atoms with van der Waals surface area (Å²) in [5, 5.41) is 0.331. The van der Waals surface area contributed by atoms with Crippen molar-refractivity contribution in [2.45, 2.75) is 23.5 Å². The van der Waals surface area contributed by atoms with E-state index in [9.17, 15) is 22.0 Å². The standard InChI is InChI=1S/C15H10ClF2NO4S/c16-8-5-9(7-19-6-8)23-12-3-4-13(24(21,22)15(17)18)14-10(12)1-2-11(14)20/h3-7,15H,1-2H2. The second-order valence-electron chi connectivity index (χ2n) is 5.09. The molecule has 5 nitrogen and oxygen atoms in total. The molecule has 3 rings (SSSR count). The van der Waals surface area contributed by atoms with Crippen LogP contribution in [0.2, 0.25) is 5.02 Å². The summed E-state index contributed by atoms with van der Waals surface area (Å²) in [4.78, 5) is 15.2. The fraction of sp³-hybridized carbons (Fsp3) is 0.200. The zero-order valence-electron chi connectivity index (χ0n) is 12.0. The lowest BCUT2D eigenvalue weighted by Crippen LogP contribution is -2.15. The van der Waals surface area contributed by atoms with E-state index < -0.39 is 26.3 Å². The average Bonchev–Trinajstić information content (AvgIpc) is 2.90. The zero-order chi connectivity index (χ0) is 17.5. The van der Waals surface area contributed by atoms with Gasteiger partial charge in [-0.3, -0.25) is 9.78 Å². The van der Waals surface area contributed by atoms with Crippen molar-refractivity contribution in [2.24, 2.45) is 0 Å². The van der Waals surface area contributed by atoms with Gasteiger partial charge in [-0.25, -0.2) is 8.42 Å². The number of rotatable bonds is 4. The highest BCUT2D eigenvalue weighted by Gasteiger charge is 2.36. The van der Waals surface area contributed by atoms with E-state index in [2.05, 4.69) is 4.98 Å². The van der Waals surface area contributed by atoms with Gasteiger partial charge < -0.3 is 4.74 Å². The van der Waals surface area contributed by atoms with Crippen LogP contribution in [0.1, 0.15) is 22.3 Å². The Morgan fingerprint density at radius 1 is 1.21 bits per heavy atom. The highest BCUT2D eigenvalue weighted by atomic mass is 35.5. The lowest BCUT2D eigenvalue weighted by Gasteiger charge is -2.13. The number of hydrogen-bond acceptors (Lipinski definition) is 5. The number of sulfone groups is 1. The maximum atomic E-state index is 12.8. The highest BCUT2D eigenvalue weighted by molar-refractivity contribution is 7.91. The van der Waals surface area contributed by atoms with E-state index in [-0.39, 0.29) is 29.9 Å². The van der Waals surface area contributed by atoms with E-state index in [0.29, 0.717) is 10.6 Å². The molecule has 0 aliphatic heterocycles. The van der Waals surface area contributed by atoms with Gasteiger partial charge in [0.25, 0.3) is 0 Å². The summed E-state index contributed by atoms with van der Waals surface area (Å²) in [6.07, 6.45) is 3.04. The smallest absolute Gasteiger partial charge is 0.341 e. The average molecular weight is 374 g/mol. The second-order valence-corrected chi connectivity index (χ2v) is 7.41. The van der Waals surface area contributed by atoms with Gasteiger partial charge in [0.1, 0.15) is 11.5 Å². The minimum absolute atomic E-state index is 0.0370. The summed E-state index contributed by atoms with van der Waals surface area (Å²) in [7, 11) is -4.87. The van der Waals surface area contributed by atoms with Gasteiger partial charge in [0.15, 0.2) is 5.78 Å². The van der Waals surface area contributed by atoms with E-state index in [1.54, 1.807) is 0 Å². The molecule has 1 aliphatic rings. The SMILES string of the molecule is O=C1CCc2c(Oc3cncc(Cl)c3)ccc(S(=O)(=O)C(F)F)c21. The van der Waals surface area contributed by atoms with Gasteiger partial charge in [-0.15, -0.1) is 0 Å². The molecule has 24 heavy (non-hydrogen) atoms. The first-order chi connectivity index (χ1) is 11.3. The first-order valence-corrected chi connectivity index (χ1v) is 8.72. The fourth-order valence-electron chi connectivity index (χ4n) is 2.53. The Bertz CT molecular complexity index is 931. The van der Waals surface area contributed by atoms with E-state index in [1.807, 2.05) is 0 Å². The maximum Gasteiger partial charge on any atom is 0.341 e. The first-order valence-electron chi connectivity index (χ1n) is 6.80. The number of nitrogens with zero attached hydrogens (tertiary/aromatic N) is 1. The molecule has 1 heterocycles. The predicted molar refractivity (Wildman–Crippen MR) is 81.6 cm³/mol. The molecule has 0 bridgehead atoms. The van der Waals surface area contributed by atoms with E-state index in [4.69, 9.17) is 16.3 Å². The molecular weight excluding hydrogens is 364 g/mol. The number of hydrogen-bond donors (Lipinski definition) is 0. The number of ether oxygens (including phenoxy) is 1. The molecule has 9 heteroatoms. The Morgan fingerprint density at radius 3 is 2.62 bits per heavy atom. The minimum Gasteiger partial charge on any atom is -0.455 e. The van der Waals surface area contributed by atoms with Crippen LogP contribution in [0.5, 0.6) is 11.5 Å². The van der Waals surface area contributed by atoms with Crippen LogP contribution < -0.4 is 4.74 Å². The highest BCUT2D eigenvalue weighted by Crippen LogP contribution is 2.38. The van der Waals surface area contributed by atoms with Gasteiger partial charge in [-0.05, 0) is 18.6 Å². The molecule has 0 fully saturated rings. The van der Waals surface area contributed by atoms with Crippen molar-refractivity contribution in [1.82, 2.24) is 4.98 Å². The van der Waals surface area contributed by atoms with Gasteiger partial charge in [0.2, 0.25) is 9.84 Å². The number of ketones is 1. The van der Waals surface area contributed by atoms with Crippen LogP contribution in [0, 0.1) is 0 Å². The first kappa shape index (κ1) is 16.8. The minimum atomic E-state index is -4.87. The molecule has 0 N–H and O–H groups in total.